The van der Waals surface area contributed by atoms with E-state index in [0.29, 0.717) is 11.4 Å². The monoisotopic (exact) mass is 284 g/mol. The lowest BCUT2D eigenvalue weighted by Gasteiger charge is -2.19. The van der Waals surface area contributed by atoms with Gasteiger partial charge in [-0.15, -0.1) is 0 Å². The summed E-state index contributed by atoms with van der Waals surface area (Å²) in [5.41, 5.74) is 2.56. The number of nitrogens with zero attached hydrogens (tertiary/aromatic N) is 1. The summed E-state index contributed by atoms with van der Waals surface area (Å²) in [5, 5.41) is 3.29. The van der Waals surface area contributed by atoms with Crippen molar-refractivity contribution in [3.05, 3.63) is 23.3 Å². The van der Waals surface area contributed by atoms with Crippen molar-refractivity contribution in [1.82, 2.24) is 4.31 Å². The number of anilines is 1. The van der Waals surface area contributed by atoms with Gasteiger partial charge in [-0.3, -0.25) is 0 Å². The molecule has 1 aromatic carbocycles. The Labute approximate surface area is 116 Å². The Kier molecular flexibility index (Phi) is 5.38. The van der Waals surface area contributed by atoms with Gasteiger partial charge in [-0.05, 0) is 43.5 Å². The summed E-state index contributed by atoms with van der Waals surface area (Å²) in [5.74, 6) is 0. The van der Waals surface area contributed by atoms with Gasteiger partial charge in [0.1, 0.15) is 0 Å². The van der Waals surface area contributed by atoms with Gasteiger partial charge in [0, 0.05) is 25.8 Å². The minimum atomic E-state index is -3.38. The molecule has 0 fully saturated rings. The highest BCUT2D eigenvalue weighted by Gasteiger charge is 2.23. The van der Waals surface area contributed by atoms with Crippen molar-refractivity contribution in [3.8, 4) is 0 Å². The average Bonchev–Trinajstić information content (AvgIpc) is 2.34. The third-order valence-electron chi connectivity index (χ3n) is 3.15. The molecule has 0 aliphatic heterocycles. The van der Waals surface area contributed by atoms with E-state index in [1.165, 1.54) is 4.31 Å². The van der Waals surface area contributed by atoms with E-state index in [0.717, 1.165) is 29.8 Å². The van der Waals surface area contributed by atoms with Crippen LogP contribution in [0.1, 0.15) is 31.4 Å². The molecular weight excluding hydrogens is 260 g/mol. The fourth-order valence-electron chi connectivity index (χ4n) is 2.05. The molecule has 0 amide bonds. The Morgan fingerprint density at radius 3 is 2.11 bits per heavy atom. The van der Waals surface area contributed by atoms with Crippen molar-refractivity contribution in [2.24, 2.45) is 0 Å². The standard InChI is InChI=1S/C14H24N2O2S/c1-6-8-15-13-9-11(3)14(12(4)10-13)19(17,18)16(5)7-2/h9-10,15H,6-8H2,1-5H3. The molecule has 0 saturated heterocycles. The van der Waals surface area contributed by atoms with Crippen molar-refractivity contribution >= 4 is 15.7 Å². The van der Waals surface area contributed by atoms with Crippen LogP contribution in [0.5, 0.6) is 0 Å². The second-order valence-electron chi connectivity index (χ2n) is 4.79. The zero-order valence-corrected chi connectivity index (χ0v) is 13.3. The number of rotatable bonds is 6. The summed E-state index contributed by atoms with van der Waals surface area (Å²) >= 11 is 0. The Balaban J connectivity index is 3.24. The lowest BCUT2D eigenvalue weighted by molar-refractivity contribution is 0.485. The lowest BCUT2D eigenvalue weighted by Crippen LogP contribution is -2.27. The molecule has 0 aliphatic carbocycles. The summed E-state index contributed by atoms with van der Waals surface area (Å²) < 4.78 is 26.2. The highest BCUT2D eigenvalue weighted by atomic mass is 32.2. The molecule has 4 nitrogen and oxygen atoms in total. The topological polar surface area (TPSA) is 49.4 Å². The molecule has 5 heteroatoms. The largest absolute Gasteiger partial charge is 0.385 e. The summed E-state index contributed by atoms with van der Waals surface area (Å²) in [6.45, 7) is 8.99. The van der Waals surface area contributed by atoms with Gasteiger partial charge in [-0.25, -0.2) is 12.7 Å². The van der Waals surface area contributed by atoms with Gasteiger partial charge in [0.2, 0.25) is 10.0 Å². The zero-order chi connectivity index (χ0) is 14.6. The van der Waals surface area contributed by atoms with Crippen LogP contribution in [0, 0.1) is 13.8 Å². The van der Waals surface area contributed by atoms with E-state index < -0.39 is 10.0 Å². The van der Waals surface area contributed by atoms with Crippen molar-refractivity contribution in [3.63, 3.8) is 0 Å². The molecule has 0 atom stereocenters. The Morgan fingerprint density at radius 1 is 1.16 bits per heavy atom. The van der Waals surface area contributed by atoms with Gasteiger partial charge in [0.15, 0.2) is 0 Å². The van der Waals surface area contributed by atoms with E-state index in [4.69, 9.17) is 0 Å². The summed E-state index contributed by atoms with van der Waals surface area (Å²) in [6, 6.07) is 3.80. The molecule has 0 aliphatic rings. The third-order valence-corrected chi connectivity index (χ3v) is 5.39. The van der Waals surface area contributed by atoms with Crippen LogP contribution in [-0.2, 0) is 10.0 Å². The van der Waals surface area contributed by atoms with Gasteiger partial charge < -0.3 is 5.32 Å². The van der Waals surface area contributed by atoms with E-state index in [1.807, 2.05) is 32.9 Å². The van der Waals surface area contributed by atoms with Crippen LogP contribution in [0.4, 0.5) is 5.69 Å². The maximum absolute atomic E-state index is 12.4. The highest BCUT2D eigenvalue weighted by molar-refractivity contribution is 7.89. The van der Waals surface area contributed by atoms with Gasteiger partial charge >= 0.3 is 0 Å². The molecule has 0 bridgehead atoms. The number of hydrogen-bond acceptors (Lipinski definition) is 3. The average molecular weight is 284 g/mol. The number of nitrogens with one attached hydrogen (secondary N) is 1. The first-order chi connectivity index (χ1) is 8.84. The molecule has 0 unspecified atom stereocenters. The molecule has 0 radical (unpaired) electrons. The molecule has 0 spiro atoms. The Bertz CT molecular complexity index is 515. The van der Waals surface area contributed by atoms with Crippen LogP contribution in [-0.4, -0.2) is 32.9 Å². The number of hydrogen-bond donors (Lipinski definition) is 1. The fraction of sp³-hybridized carbons (Fsp3) is 0.571. The summed E-state index contributed by atoms with van der Waals surface area (Å²) in [7, 11) is -1.77. The van der Waals surface area contributed by atoms with Crippen molar-refractivity contribution in [2.45, 2.75) is 39.0 Å². The molecule has 1 rings (SSSR count). The minimum Gasteiger partial charge on any atom is -0.385 e. The summed E-state index contributed by atoms with van der Waals surface area (Å²) in [4.78, 5) is 0.430. The van der Waals surface area contributed by atoms with Gasteiger partial charge in [0.05, 0.1) is 4.90 Å². The number of benzene rings is 1. The lowest BCUT2D eigenvalue weighted by atomic mass is 10.1. The van der Waals surface area contributed by atoms with Gasteiger partial charge in [-0.1, -0.05) is 13.8 Å². The zero-order valence-electron chi connectivity index (χ0n) is 12.4. The van der Waals surface area contributed by atoms with Crippen LogP contribution in [0.15, 0.2) is 17.0 Å². The molecular formula is C14H24N2O2S. The predicted molar refractivity (Wildman–Crippen MR) is 80.2 cm³/mol. The van der Waals surface area contributed by atoms with E-state index in [-0.39, 0.29) is 0 Å². The van der Waals surface area contributed by atoms with Gasteiger partial charge in [0.25, 0.3) is 0 Å². The van der Waals surface area contributed by atoms with Crippen LogP contribution in [0.3, 0.4) is 0 Å². The quantitative estimate of drug-likeness (QED) is 0.874. The van der Waals surface area contributed by atoms with Crippen molar-refractivity contribution in [2.75, 3.05) is 25.5 Å². The van der Waals surface area contributed by atoms with Crippen LogP contribution < -0.4 is 5.32 Å². The first-order valence-electron chi connectivity index (χ1n) is 6.66. The highest BCUT2D eigenvalue weighted by Crippen LogP contribution is 2.26. The first-order valence-corrected chi connectivity index (χ1v) is 8.10. The number of aryl methyl sites for hydroxylation is 2. The predicted octanol–water partition coefficient (Wildman–Crippen LogP) is 2.77. The first kappa shape index (κ1) is 16.0. The normalized spacial score (nSPS) is 11.9. The number of sulfonamides is 1. The minimum absolute atomic E-state index is 0.430. The van der Waals surface area contributed by atoms with E-state index in [1.54, 1.807) is 7.05 Å². The SMILES string of the molecule is CCCNc1cc(C)c(S(=O)(=O)N(C)CC)c(C)c1. The maximum Gasteiger partial charge on any atom is 0.243 e. The second-order valence-corrected chi connectivity index (χ2v) is 6.77. The van der Waals surface area contributed by atoms with E-state index >= 15 is 0 Å². The maximum atomic E-state index is 12.4. The molecule has 1 aromatic rings. The van der Waals surface area contributed by atoms with Crippen LogP contribution >= 0.6 is 0 Å². The second kappa shape index (κ2) is 6.39. The smallest absolute Gasteiger partial charge is 0.243 e. The fourth-order valence-corrected chi connectivity index (χ4v) is 3.64. The molecule has 1 N–H and O–H groups in total. The third kappa shape index (κ3) is 3.48. The molecule has 108 valence electrons. The van der Waals surface area contributed by atoms with E-state index in [9.17, 15) is 8.42 Å². The summed E-state index contributed by atoms with van der Waals surface area (Å²) in [6.07, 6.45) is 1.04. The molecule has 19 heavy (non-hydrogen) atoms. The van der Waals surface area contributed by atoms with Crippen LogP contribution in [0.25, 0.3) is 0 Å². The molecule has 0 aromatic heterocycles. The van der Waals surface area contributed by atoms with Gasteiger partial charge in [-0.2, -0.15) is 0 Å². The van der Waals surface area contributed by atoms with E-state index in [2.05, 4.69) is 12.2 Å². The van der Waals surface area contributed by atoms with Crippen molar-refractivity contribution in [1.29, 1.82) is 0 Å². The molecule has 0 heterocycles. The van der Waals surface area contributed by atoms with Crippen molar-refractivity contribution < 1.29 is 8.42 Å². The molecule has 0 saturated carbocycles. The Hall–Kier alpha value is -1.07. The Morgan fingerprint density at radius 2 is 1.68 bits per heavy atom. The van der Waals surface area contributed by atoms with Crippen LogP contribution in [0.2, 0.25) is 0 Å².